The summed E-state index contributed by atoms with van der Waals surface area (Å²) in [6.45, 7) is 5.66. The Bertz CT molecular complexity index is 809. The Kier molecular flexibility index (Phi) is 5.90. The van der Waals surface area contributed by atoms with Crippen LogP contribution in [0, 0.1) is 0 Å². The maximum absolute atomic E-state index is 12.0. The van der Waals surface area contributed by atoms with Gasteiger partial charge in [0.25, 0.3) is 5.91 Å². The Hall–Kier alpha value is -3.42. The molecule has 0 aliphatic rings. The molecule has 1 amide bonds. The van der Waals surface area contributed by atoms with E-state index in [1.807, 2.05) is 19.9 Å². The van der Waals surface area contributed by atoms with Crippen molar-refractivity contribution in [1.29, 1.82) is 0 Å². The van der Waals surface area contributed by atoms with E-state index in [2.05, 4.69) is 15.4 Å². The van der Waals surface area contributed by atoms with E-state index in [1.54, 1.807) is 12.1 Å². The summed E-state index contributed by atoms with van der Waals surface area (Å²) in [7, 11) is 0. The van der Waals surface area contributed by atoms with Crippen LogP contribution in [0.15, 0.2) is 35.4 Å². The lowest BCUT2D eigenvalue weighted by Crippen LogP contribution is -2.21. The molecule has 138 valence electrons. The highest BCUT2D eigenvalue weighted by Gasteiger charge is 2.13. The maximum atomic E-state index is 12.0. The molecular weight excluding hydrogens is 338 g/mol. The van der Waals surface area contributed by atoms with Crippen molar-refractivity contribution in [1.82, 2.24) is 5.43 Å². The van der Waals surface area contributed by atoms with E-state index in [9.17, 15) is 25.2 Å². The summed E-state index contributed by atoms with van der Waals surface area (Å²) in [5.74, 6) is -2.63. The van der Waals surface area contributed by atoms with Crippen LogP contribution in [0.3, 0.4) is 0 Å². The molecule has 5 N–H and O–H groups in total. The SMILES string of the molecule is CCN(CC)c1ccc(/C=N/NC(=O)c2cc(O)c(O)c(O)c2)c(O)c1. The molecule has 0 aliphatic heterocycles. The standard InChI is InChI=1S/C18H21N3O5/c1-3-21(4-2)13-6-5-11(14(22)9-13)10-19-20-18(26)12-7-15(23)17(25)16(24)8-12/h5-10,22-25H,3-4H2,1-2H3,(H,20,26)/b19-10+. The lowest BCUT2D eigenvalue weighted by Gasteiger charge is -2.21. The lowest BCUT2D eigenvalue weighted by atomic mass is 10.1. The average molecular weight is 359 g/mol. The molecule has 8 nitrogen and oxygen atoms in total. The fourth-order valence-electron chi connectivity index (χ4n) is 2.39. The minimum atomic E-state index is -0.705. The van der Waals surface area contributed by atoms with Crippen molar-refractivity contribution >= 4 is 17.8 Å². The average Bonchev–Trinajstić information content (AvgIpc) is 2.61. The van der Waals surface area contributed by atoms with Gasteiger partial charge in [-0.3, -0.25) is 4.79 Å². The number of phenols is 4. The van der Waals surface area contributed by atoms with E-state index in [1.165, 1.54) is 6.21 Å². The molecule has 0 saturated carbocycles. The van der Waals surface area contributed by atoms with Gasteiger partial charge in [-0.15, -0.1) is 0 Å². The van der Waals surface area contributed by atoms with E-state index in [0.717, 1.165) is 30.9 Å². The highest BCUT2D eigenvalue weighted by molar-refractivity contribution is 5.96. The number of carbonyl (C=O) groups is 1. The molecule has 0 heterocycles. The van der Waals surface area contributed by atoms with Crippen LogP contribution in [0.1, 0.15) is 29.8 Å². The number of amides is 1. The third kappa shape index (κ3) is 4.15. The Labute approximate surface area is 150 Å². The molecule has 0 spiro atoms. The number of hydrogen-bond acceptors (Lipinski definition) is 7. The van der Waals surface area contributed by atoms with Crippen LogP contribution < -0.4 is 10.3 Å². The van der Waals surface area contributed by atoms with Crippen LogP contribution in [0.2, 0.25) is 0 Å². The van der Waals surface area contributed by atoms with Gasteiger partial charge in [0, 0.05) is 36.0 Å². The molecule has 26 heavy (non-hydrogen) atoms. The van der Waals surface area contributed by atoms with Gasteiger partial charge in [-0.2, -0.15) is 5.10 Å². The van der Waals surface area contributed by atoms with Crippen molar-refractivity contribution in [3.05, 3.63) is 41.5 Å². The molecule has 2 aromatic carbocycles. The topological polar surface area (TPSA) is 126 Å². The minimum absolute atomic E-state index is 0.0207. The molecule has 0 bridgehead atoms. The first kappa shape index (κ1) is 18.9. The number of anilines is 1. The number of benzene rings is 2. The smallest absolute Gasteiger partial charge is 0.271 e. The molecule has 0 fully saturated rings. The van der Waals surface area contributed by atoms with Crippen molar-refractivity contribution in [3.8, 4) is 23.0 Å². The maximum Gasteiger partial charge on any atom is 0.271 e. The first-order valence-electron chi connectivity index (χ1n) is 8.03. The summed E-state index contributed by atoms with van der Waals surface area (Å²) in [5.41, 5.74) is 3.42. The predicted molar refractivity (Wildman–Crippen MR) is 98.2 cm³/mol. The van der Waals surface area contributed by atoms with Crippen LogP contribution in [0.5, 0.6) is 23.0 Å². The molecule has 0 unspecified atom stereocenters. The molecule has 0 radical (unpaired) electrons. The number of phenolic OH excluding ortho intramolecular Hbond substituents is 4. The lowest BCUT2D eigenvalue weighted by molar-refractivity contribution is 0.0954. The van der Waals surface area contributed by atoms with Crippen molar-refractivity contribution in [2.24, 2.45) is 5.10 Å². The second kappa shape index (κ2) is 8.11. The number of nitrogens with one attached hydrogen (secondary N) is 1. The van der Waals surface area contributed by atoms with Crippen LogP contribution in [0.4, 0.5) is 5.69 Å². The highest BCUT2D eigenvalue weighted by Crippen LogP contribution is 2.35. The summed E-state index contributed by atoms with van der Waals surface area (Å²) in [5, 5.41) is 41.9. The molecule has 2 aromatic rings. The van der Waals surface area contributed by atoms with Gasteiger partial charge < -0.3 is 25.3 Å². The first-order chi connectivity index (χ1) is 12.4. The summed E-state index contributed by atoms with van der Waals surface area (Å²) < 4.78 is 0. The van der Waals surface area contributed by atoms with E-state index in [-0.39, 0.29) is 11.3 Å². The molecule has 0 saturated heterocycles. The normalized spacial score (nSPS) is 10.8. The van der Waals surface area contributed by atoms with Crippen molar-refractivity contribution in [3.63, 3.8) is 0 Å². The van der Waals surface area contributed by atoms with Gasteiger partial charge in [-0.25, -0.2) is 5.43 Å². The number of hydrazone groups is 1. The molecular formula is C18H21N3O5. The zero-order valence-corrected chi connectivity index (χ0v) is 14.5. The number of nitrogens with zero attached hydrogens (tertiary/aromatic N) is 2. The van der Waals surface area contributed by atoms with E-state index < -0.39 is 23.2 Å². The zero-order valence-electron chi connectivity index (χ0n) is 14.5. The number of carbonyl (C=O) groups excluding carboxylic acids is 1. The van der Waals surface area contributed by atoms with E-state index in [0.29, 0.717) is 5.56 Å². The van der Waals surface area contributed by atoms with Gasteiger partial charge in [0.15, 0.2) is 17.2 Å². The van der Waals surface area contributed by atoms with Crippen LogP contribution in [0.25, 0.3) is 0 Å². The van der Waals surface area contributed by atoms with E-state index in [4.69, 9.17) is 0 Å². The summed E-state index contributed by atoms with van der Waals surface area (Å²) in [4.78, 5) is 14.0. The molecule has 8 heteroatoms. The monoisotopic (exact) mass is 359 g/mol. The third-order valence-corrected chi connectivity index (χ3v) is 3.84. The minimum Gasteiger partial charge on any atom is -0.507 e. The van der Waals surface area contributed by atoms with Gasteiger partial charge in [0.2, 0.25) is 0 Å². The summed E-state index contributed by atoms with van der Waals surface area (Å²) in [6.07, 6.45) is 1.28. The molecule has 0 aromatic heterocycles. The van der Waals surface area contributed by atoms with Gasteiger partial charge in [0.1, 0.15) is 5.75 Å². The number of hydrogen-bond donors (Lipinski definition) is 5. The summed E-state index contributed by atoms with van der Waals surface area (Å²) >= 11 is 0. The Morgan fingerprint density at radius 3 is 2.19 bits per heavy atom. The molecule has 0 aliphatic carbocycles. The van der Waals surface area contributed by atoms with Crippen LogP contribution in [-0.2, 0) is 0 Å². The highest BCUT2D eigenvalue weighted by atomic mass is 16.3. The Morgan fingerprint density at radius 1 is 1.04 bits per heavy atom. The zero-order chi connectivity index (χ0) is 19.3. The third-order valence-electron chi connectivity index (χ3n) is 3.84. The second-order valence-electron chi connectivity index (χ2n) is 5.48. The fourth-order valence-corrected chi connectivity index (χ4v) is 2.39. The van der Waals surface area contributed by atoms with Gasteiger partial charge in [-0.1, -0.05) is 0 Å². The van der Waals surface area contributed by atoms with Gasteiger partial charge in [0.05, 0.1) is 6.21 Å². The number of rotatable bonds is 6. The van der Waals surface area contributed by atoms with Gasteiger partial charge >= 0.3 is 0 Å². The second-order valence-corrected chi connectivity index (χ2v) is 5.48. The van der Waals surface area contributed by atoms with Crippen molar-refractivity contribution in [2.45, 2.75) is 13.8 Å². The van der Waals surface area contributed by atoms with Crippen LogP contribution in [-0.4, -0.2) is 45.6 Å². The molecule has 0 atom stereocenters. The van der Waals surface area contributed by atoms with E-state index >= 15 is 0 Å². The summed E-state index contributed by atoms with van der Waals surface area (Å²) in [6, 6.07) is 7.13. The molecule has 2 rings (SSSR count). The Balaban J connectivity index is 2.09. The van der Waals surface area contributed by atoms with Gasteiger partial charge in [-0.05, 0) is 38.1 Å². The van der Waals surface area contributed by atoms with Crippen molar-refractivity contribution in [2.75, 3.05) is 18.0 Å². The quantitative estimate of drug-likeness (QED) is 0.306. The fraction of sp³-hybridized carbons (Fsp3) is 0.222. The first-order valence-corrected chi connectivity index (χ1v) is 8.03. The Morgan fingerprint density at radius 2 is 1.65 bits per heavy atom. The predicted octanol–water partition coefficient (Wildman–Crippen LogP) is 2.12. The largest absolute Gasteiger partial charge is 0.507 e. The van der Waals surface area contributed by atoms with Crippen LogP contribution >= 0.6 is 0 Å². The number of aromatic hydroxyl groups is 4. The van der Waals surface area contributed by atoms with Crippen molar-refractivity contribution < 1.29 is 25.2 Å².